The Balaban J connectivity index is 1.59. The molecular weight excluding hydrogens is 264 g/mol. The molecule has 3 aliphatic rings. The van der Waals surface area contributed by atoms with Gasteiger partial charge in [0.1, 0.15) is 0 Å². The van der Waals surface area contributed by atoms with E-state index in [0.29, 0.717) is 6.04 Å². The lowest BCUT2D eigenvalue weighted by atomic mass is 9.96. The Morgan fingerprint density at radius 2 is 2.24 bits per heavy atom. The predicted octanol–water partition coefficient (Wildman–Crippen LogP) is 2.44. The quantitative estimate of drug-likeness (QED) is 0.862. The van der Waals surface area contributed by atoms with Gasteiger partial charge in [0.05, 0.1) is 12.1 Å². The van der Waals surface area contributed by atoms with Crippen LogP contribution in [0, 0.1) is 0 Å². The van der Waals surface area contributed by atoms with Crippen LogP contribution in [-0.4, -0.2) is 42.6 Å². The first kappa shape index (κ1) is 13.1. The minimum atomic E-state index is 0.184. The van der Waals surface area contributed by atoms with E-state index in [1.807, 2.05) is 6.07 Å². The highest BCUT2D eigenvalue weighted by Gasteiger charge is 2.38. The number of anilines is 1. The van der Waals surface area contributed by atoms with E-state index in [1.54, 1.807) is 0 Å². The third kappa shape index (κ3) is 2.31. The average molecular weight is 286 g/mol. The smallest absolute Gasteiger partial charge is 0.254 e. The van der Waals surface area contributed by atoms with Crippen molar-refractivity contribution >= 4 is 11.6 Å². The van der Waals surface area contributed by atoms with E-state index < -0.39 is 0 Å². The van der Waals surface area contributed by atoms with Crippen LogP contribution in [0.15, 0.2) is 18.2 Å². The number of ether oxygens (including phenoxy) is 1. The molecule has 2 fully saturated rings. The maximum absolute atomic E-state index is 12.9. The molecular formula is C17H22N2O2. The molecule has 0 radical (unpaired) electrons. The van der Waals surface area contributed by atoms with E-state index in [1.165, 1.54) is 11.3 Å². The molecule has 1 aromatic rings. The molecule has 0 unspecified atom stereocenters. The summed E-state index contributed by atoms with van der Waals surface area (Å²) in [7, 11) is 0. The van der Waals surface area contributed by atoms with Gasteiger partial charge in [0.15, 0.2) is 0 Å². The monoisotopic (exact) mass is 286 g/mol. The van der Waals surface area contributed by atoms with Crippen LogP contribution in [0.3, 0.4) is 0 Å². The number of likely N-dealkylation sites (tertiary alicyclic amines) is 1. The predicted molar refractivity (Wildman–Crippen MR) is 81.7 cm³/mol. The molecule has 0 spiro atoms. The van der Waals surface area contributed by atoms with E-state index >= 15 is 0 Å². The number of carbonyl (C=O) groups is 1. The maximum atomic E-state index is 12.9. The highest BCUT2D eigenvalue weighted by atomic mass is 16.5. The fourth-order valence-electron chi connectivity index (χ4n) is 3.92. The Labute approximate surface area is 125 Å². The van der Waals surface area contributed by atoms with Gasteiger partial charge < -0.3 is 15.0 Å². The summed E-state index contributed by atoms with van der Waals surface area (Å²) in [6, 6.07) is 6.41. The van der Waals surface area contributed by atoms with Crippen molar-refractivity contribution in [2.24, 2.45) is 0 Å². The molecule has 21 heavy (non-hydrogen) atoms. The van der Waals surface area contributed by atoms with E-state index in [2.05, 4.69) is 22.3 Å². The molecule has 1 aromatic carbocycles. The van der Waals surface area contributed by atoms with Gasteiger partial charge in [0.2, 0.25) is 0 Å². The largest absolute Gasteiger partial charge is 0.385 e. The molecule has 0 saturated carbocycles. The highest BCUT2D eigenvalue weighted by Crippen LogP contribution is 2.30. The van der Waals surface area contributed by atoms with Crippen LogP contribution in [0.1, 0.15) is 41.6 Å². The molecule has 0 bridgehead atoms. The van der Waals surface area contributed by atoms with Gasteiger partial charge in [-0.25, -0.2) is 0 Å². The van der Waals surface area contributed by atoms with Gasteiger partial charge in [-0.1, -0.05) is 0 Å². The van der Waals surface area contributed by atoms with Crippen molar-refractivity contribution in [3.8, 4) is 0 Å². The van der Waals surface area contributed by atoms with Gasteiger partial charge in [-0.05, 0) is 55.9 Å². The highest BCUT2D eigenvalue weighted by molar-refractivity contribution is 5.95. The number of rotatable bonds is 1. The third-order valence-electron chi connectivity index (χ3n) is 5.01. The average Bonchev–Trinajstić information content (AvgIpc) is 3.02. The Hall–Kier alpha value is -1.55. The van der Waals surface area contributed by atoms with Crippen molar-refractivity contribution in [1.29, 1.82) is 0 Å². The number of nitrogens with zero attached hydrogens (tertiary/aromatic N) is 1. The Bertz CT molecular complexity index is 558. The van der Waals surface area contributed by atoms with Crippen LogP contribution in [-0.2, 0) is 11.2 Å². The fourth-order valence-corrected chi connectivity index (χ4v) is 3.92. The molecule has 3 heterocycles. The number of piperidine rings is 1. The van der Waals surface area contributed by atoms with Crippen molar-refractivity contribution in [3.63, 3.8) is 0 Å². The summed E-state index contributed by atoms with van der Waals surface area (Å²) in [6.07, 6.45) is 5.62. The first-order valence-corrected chi connectivity index (χ1v) is 8.12. The summed E-state index contributed by atoms with van der Waals surface area (Å²) in [4.78, 5) is 14.9. The first-order valence-electron chi connectivity index (χ1n) is 8.12. The minimum absolute atomic E-state index is 0.184. The van der Waals surface area contributed by atoms with Gasteiger partial charge in [-0.3, -0.25) is 4.79 Å². The lowest BCUT2D eigenvalue weighted by molar-refractivity contribution is 0.0231. The van der Waals surface area contributed by atoms with Crippen LogP contribution < -0.4 is 5.32 Å². The molecule has 0 aliphatic carbocycles. The minimum Gasteiger partial charge on any atom is -0.385 e. The van der Waals surface area contributed by atoms with E-state index in [-0.39, 0.29) is 12.0 Å². The number of fused-ring (bicyclic) bond motifs is 2. The zero-order chi connectivity index (χ0) is 14.2. The van der Waals surface area contributed by atoms with Crippen LogP contribution >= 0.6 is 0 Å². The molecule has 1 N–H and O–H groups in total. The van der Waals surface area contributed by atoms with Crippen molar-refractivity contribution < 1.29 is 9.53 Å². The lowest BCUT2D eigenvalue weighted by Crippen LogP contribution is -2.48. The summed E-state index contributed by atoms with van der Waals surface area (Å²) >= 11 is 0. The van der Waals surface area contributed by atoms with Gasteiger partial charge >= 0.3 is 0 Å². The second-order valence-electron chi connectivity index (χ2n) is 6.31. The Morgan fingerprint density at radius 3 is 3.19 bits per heavy atom. The zero-order valence-electron chi connectivity index (χ0n) is 12.3. The van der Waals surface area contributed by atoms with E-state index in [9.17, 15) is 4.79 Å². The number of hydrogen-bond donors (Lipinski definition) is 1. The number of amides is 1. The van der Waals surface area contributed by atoms with Gasteiger partial charge in [0.25, 0.3) is 5.91 Å². The molecule has 3 aliphatic heterocycles. The summed E-state index contributed by atoms with van der Waals surface area (Å²) < 4.78 is 5.76. The fraction of sp³-hybridized carbons (Fsp3) is 0.588. The number of aryl methyl sites for hydroxylation is 1. The summed E-state index contributed by atoms with van der Waals surface area (Å²) in [6.45, 7) is 2.71. The van der Waals surface area contributed by atoms with Crippen molar-refractivity contribution in [1.82, 2.24) is 4.90 Å². The third-order valence-corrected chi connectivity index (χ3v) is 5.01. The van der Waals surface area contributed by atoms with E-state index in [4.69, 9.17) is 4.74 Å². The van der Waals surface area contributed by atoms with E-state index in [0.717, 1.165) is 57.4 Å². The SMILES string of the molecule is O=C(c1ccc2c(c1)CCCN2)N1CCC[C@@H]2OCC[C@@H]21. The van der Waals surface area contributed by atoms with Crippen LogP contribution in [0.4, 0.5) is 5.69 Å². The second kappa shape index (κ2) is 5.34. The molecule has 1 amide bonds. The zero-order valence-corrected chi connectivity index (χ0v) is 12.3. The number of benzene rings is 1. The van der Waals surface area contributed by atoms with Crippen molar-refractivity contribution in [3.05, 3.63) is 29.3 Å². The Morgan fingerprint density at radius 1 is 1.29 bits per heavy atom. The Kier molecular flexibility index (Phi) is 3.34. The topological polar surface area (TPSA) is 41.6 Å². The maximum Gasteiger partial charge on any atom is 0.254 e. The molecule has 4 nitrogen and oxygen atoms in total. The molecule has 112 valence electrons. The summed E-state index contributed by atoms with van der Waals surface area (Å²) in [5.41, 5.74) is 3.31. The summed E-state index contributed by atoms with van der Waals surface area (Å²) in [5.74, 6) is 0.184. The first-order chi connectivity index (χ1) is 10.3. The molecule has 0 aromatic heterocycles. The molecule has 4 rings (SSSR count). The molecule has 2 saturated heterocycles. The van der Waals surface area contributed by atoms with Crippen LogP contribution in [0.2, 0.25) is 0 Å². The standard InChI is InChI=1S/C17H22N2O2/c20-17(19-9-2-4-16-15(19)7-10-21-16)13-5-6-14-12(11-13)3-1-8-18-14/h5-6,11,15-16,18H,1-4,7-10H2/t15-,16-/m0/s1. The van der Waals surface area contributed by atoms with Crippen LogP contribution in [0.25, 0.3) is 0 Å². The molecule has 2 atom stereocenters. The number of carbonyl (C=O) groups excluding carboxylic acids is 1. The van der Waals surface area contributed by atoms with Gasteiger partial charge in [-0.2, -0.15) is 0 Å². The van der Waals surface area contributed by atoms with Gasteiger partial charge in [0, 0.05) is 30.9 Å². The van der Waals surface area contributed by atoms with Crippen LogP contribution in [0.5, 0.6) is 0 Å². The summed E-state index contributed by atoms with van der Waals surface area (Å²) in [5, 5.41) is 3.40. The van der Waals surface area contributed by atoms with Gasteiger partial charge in [-0.15, -0.1) is 0 Å². The van der Waals surface area contributed by atoms with Crippen molar-refractivity contribution in [2.75, 3.05) is 25.0 Å². The second-order valence-corrected chi connectivity index (χ2v) is 6.31. The number of hydrogen-bond acceptors (Lipinski definition) is 3. The normalized spacial score (nSPS) is 27.7. The number of nitrogens with one attached hydrogen (secondary N) is 1. The lowest BCUT2D eigenvalue weighted by Gasteiger charge is -2.36. The molecule has 4 heteroatoms. The van der Waals surface area contributed by atoms with Crippen molar-refractivity contribution in [2.45, 2.75) is 44.2 Å².